The minimum atomic E-state index is -0.921. The average molecular weight is 518 g/mol. The van der Waals surface area contributed by atoms with Crippen LogP contribution in [0.25, 0.3) is 0 Å². The molecule has 0 radical (unpaired) electrons. The maximum Gasteiger partial charge on any atom is 0.243 e. The molecule has 0 bridgehead atoms. The Morgan fingerprint density at radius 2 is 1.58 bits per heavy atom. The summed E-state index contributed by atoms with van der Waals surface area (Å²) in [7, 11) is 0. The van der Waals surface area contributed by atoms with E-state index in [0.717, 1.165) is 11.1 Å². The highest BCUT2D eigenvalue weighted by molar-refractivity contribution is 6.30. The molecule has 0 heterocycles. The van der Waals surface area contributed by atoms with Crippen LogP contribution < -0.4 is 16.4 Å². The number of nitrogens with two attached hydrogens (primary N) is 1. The average Bonchev–Trinajstić information content (AvgIpc) is 2.85. The standard InChI is InChI=1S/C28H40ClN3O4/c1-18(2)23(14-25(33)24(30)17-36-16-21-8-6-5-7-9-21)27(34)32-26(19(3)4)28(35)31-15-20-10-12-22(29)13-11-20/h5-13,18-19,23-26,33H,14-17,30H2,1-4H3,(H,31,35)(H,32,34). The van der Waals surface area contributed by atoms with Crippen LogP contribution in [0.5, 0.6) is 0 Å². The summed E-state index contributed by atoms with van der Waals surface area (Å²) in [6.45, 7) is 8.50. The zero-order valence-electron chi connectivity index (χ0n) is 21.6. The summed E-state index contributed by atoms with van der Waals surface area (Å²) in [6.07, 6.45) is -0.744. The number of benzene rings is 2. The van der Waals surface area contributed by atoms with Gasteiger partial charge in [-0.05, 0) is 41.5 Å². The van der Waals surface area contributed by atoms with Gasteiger partial charge in [0.25, 0.3) is 0 Å². The summed E-state index contributed by atoms with van der Waals surface area (Å²) in [6, 6.07) is 15.6. The Hall–Kier alpha value is -2.45. The van der Waals surface area contributed by atoms with E-state index in [1.807, 2.05) is 70.2 Å². The molecule has 2 amide bonds. The minimum absolute atomic E-state index is 0.0537. The molecule has 8 heteroatoms. The number of rotatable bonds is 14. The van der Waals surface area contributed by atoms with Crippen molar-refractivity contribution in [3.05, 3.63) is 70.7 Å². The third-order valence-corrected chi connectivity index (χ3v) is 6.43. The van der Waals surface area contributed by atoms with Crippen LogP contribution in [0.1, 0.15) is 45.2 Å². The van der Waals surface area contributed by atoms with Gasteiger partial charge in [0.15, 0.2) is 0 Å². The number of hydrogen-bond donors (Lipinski definition) is 4. The second-order valence-corrected chi connectivity index (χ2v) is 10.3. The molecule has 4 atom stereocenters. The molecule has 0 saturated carbocycles. The lowest BCUT2D eigenvalue weighted by atomic mass is 9.87. The van der Waals surface area contributed by atoms with Crippen molar-refractivity contribution in [1.82, 2.24) is 10.6 Å². The lowest BCUT2D eigenvalue weighted by Crippen LogP contribution is -2.52. The van der Waals surface area contributed by atoms with Gasteiger partial charge < -0.3 is 26.2 Å². The monoisotopic (exact) mass is 517 g/mol. The second kappa shape index (κ2) is 15.0. The lowest BCUT2D eigenvalue weighted by molar-refractivity contribution is -0.134. The molecule has 2 aromatic rings. The van der Waals surface area contributed by atoms with E-state index in [0.29, 0.717) is 18.2 Å². The van der Waals surface area contributed by atoms with E-state index in [4.69, 9.17) is 22.1 Å². The van der Waals surface area contributed by atoms with Crippen LogP contribution in [0, 0.1) is 17.8 Å². The lowest BCUT2D eigenvalue weighted by Gasteiger charge is -2.29. The van der Waals surface area contributed by atoms with E-state index in [9.17, 15) is 14.7 Å². The molecule has 2 rings (SSSR count). The van der Waals surface area contributed by atoms with Gasteiger partial charge in [0.1, 0.15) is 6.04 Å². The maximum absolute atomic E-state index is 13.2. The molecule has 0 aromatic heterocycles. The van der Waals surface area contributed by atoms with Gasteiger partial charge in [-0.1, -0.05) is 81.8 Å². The molecule has 198 valence electrons. The number of aliphatic hydroxyl groups excluding tert-OH is 1. The van der Waals surface area contributed by atoms with Gasteiger partial charge in [-0.25, -0.2) is 0 Å². The van der Waals surface area contributed by atoms with Crippen LogP contribution in [0.2, 0.25) is 5.02 Å². The van der Waals surface area contributed by atoms with Crippen molar-refractivity contribution in [3.8, 4) is 0 Å². The van der Waals surface area contributed by atoms with Crippen LogP contribution in [0.4, 0.5) is 0 Å². The number of aliphatic hydroxyl groups is 1. The van der Waals surface area contributed by atoms with Crippen molar-refractivity contribution in [2.75, 3.05) is 6.61 Å². The topological polar surface area (TPSA) is 114 Å². The largest absolute Gasteiger partial charge is 0.391 e. The number of carbonyl (C=O) groups excluding carboxylic acids is 2. The van der Waals surface area contributed by atoms with Gasteiger partial charge in [0, 0.05) is 17.5 Å². The van der Waals surface area contributed by atoms with E-state index in [2.05, 4.69) is 10.6 Å². The van der Waals surface area contributed by atoms with Crippen molar-refractivity contribution in [3.63, 3.8) is 0 Å². The molecule has 2 aromatic carbocycles. The molecule has 0 saturated heterocycles. The van der Waals surface area contributed by atoms with Crippen molar-refractivity contribution < 1.29 is 19.4 Å². The van der Waals surface area contributed by atoms with Gasteiger partial charge in [-0.3, -0.25) is 9.59 Å². The third kappa shape index (κ3) is 9.90. The first-order valence-corrected chi connectivity index (χ1v) is 12.8. The van der Waals surface area contributed by atoms with Gasteiger partial charge in [-0.2, -0.15) is 0 Å². The van der Waals surface area contributed by atoms with Crippen LogP contribution in [-0.4, -0.2) is 41.7 Å². The van der Waals surface area contributed by atoms with E-state index >= 15 is 0 Å². The highest BCUT2D eigenvalue weighted by Gasteiger charge is 2.32. The van der Waals surface area contributed by atoms with Crippen LogP contribution >= 0.6 is 11.6 Å². The summed E-state index contributed by atoms with van der Waals surface area (Å²) in [5, 5.41) is 17.1. The summed E-state index contributed by atoms with van der Waals surface area (Å²) >= 11 is 5.92. The Kier molecular flexibility index (Phi) is 12.4. The predicted molar refractivity (Wildman–Crippen MR) is 143 cm³/mol. The predicted octanol–water partition coefficient (Wildman–Crippen LogP) is 3.66. The normalized spacial score (nSPS) is 14.8. The first kappa shape index (κ1) is 29.8. The third-order valence-electron chi connectivity index (χ3n) is 6.18. The quantitative estimate of drug-likeness (QED) is 0.305. The second-order valence-electron chi connectivity index (χ2n) is 9.89. The first-order chi connectivity index (χ1) is 17.1. The molecular weight excluding hydrogens is 478 g/mol. The number of hydrogen-bond acceptors (Lipinski definition) is 5. The Labute approximate surface area is 219 Å². The molecule has 4 unspecified atom stereocenters. The van der Waals surface area contributed by atoms with E-state index in [1.165, 1.54) is 0 Å². The van der Waals surface area contributed by atoms with Gasteiger partial charge >= 0.3 is 0 Å². The molecule has 0 fully saturated rings. The number of ether oxygens (including phenoxy) is 1. The minimum Gasteiger partial charge on any atom is -0.391 e. The smallest absolute Gasteiger partial charge is 0.243 e. The fourth-order valence-corrected chi connectivity index (χ4v) is 3.94. The van der Waals surface area contributed by atoms with Gasteiger partial charge in [0.05, 0.1) is 25.4 Å². The Balaban J connectivity index is 1.90. The van der Waals surface area contributed by atoms with E-state index in [1.54, 1.807) is 12.1 Å². The number of carbonyl (C=O) groups is 2. The fraction of sp³-hybridized carbons (Fsp3) is 0.500. The summed E-state index contributed by atoms with van der Waals surface area (Å²) < 4.78 is 5.66. The summed E-state index contributed by atoms with van der Waals surface area (Å²) in [4.78, 5) is 26.1. The van der Waals surface area contributed by atoms with Crippen molar-refractivity contribution in [1.29, 1.82) is 0 Å². The van der Waals surface area contributed by atoms with Crippen LogP contribution in [-0.2, 0) is 27.5 Å². The number of amides is 2. The van der Waals surface area contributed by atoms with Crippen LogP contribution in [0.3, 0.4) is 0 Å². The van der Waals surface area contributed by atoms with Crippen molar-refractivity contribution in [2.24, 2.45) is 23.5 Å². The highest BCUT2D eigenvalue weighted by Crippen LogP contribution is 2.20. The molecule has 5 N–H and O–H groups in total. The summed E-state index contributed by atoms with van der Waals surface area (Å²) in [5.74, 6) is -1.22. The molecule has 0 spiro atoms. The van der Waals surface area contributed by atoms with Crippen LogP contribution in [0.15, 0.2) is 54.6 Å². The maximum atomic E-state index is 13.2. The molecule has 7 nitrogen and oxygen atoms in total. The van der Waals surface area contributed by atoms with Crippen molar-refractivity contribution >= 4 is 23.4 Å². The molecule has 0 aliphatic rings. The Morgan fingerprint density at radius 1 is 0.944 bits per heavy atom. The number of halogens is 1. The fourth-order valence-electron chi connectivity index (χ4n) is 3.81. The summed E-state index contributed by atoms with van der Waals surface area (Å²) in [5.41, 5.74) is 8.08. The molecule has 36 heavy (non-hydrogen) atoms. The zero-order valence-corrected chi connectivity index (χ0v) is 22.4. The van der Waals surface area contributed by atoms with E-state index < -0.39 is 24.1 Å². The Bertz CT molecular complexity index is 938. The van der Waals surface area contributed by atoms with Crippen molar-refractivity contribution in [2.45, 2.75) is 65.5 Å². The first-order valence-electron chi connectivity index (χ1n) is 12.5. The van der Waals surface area contributed by atoms with Gasteiger partial charge in [-0.15, -0.1) is 0 Å². The zero-order chi connectivity index (χ0) is 26.7. The Morgan fingerprint density at radius 3 is 2.17 bits per heavy atom. The SMILES string of the molecule is CC(C)C(CC(O)C(N)COCc1ccccc1)C(=O)NC(C(=O)NCc1ccc(Cl)cc1)C(C)C. The molecule has 0 aliphatic heterocycles. The number of nitrogens with one attached hydrogen (secondary N) is 2. The van der Waals surface area contributed by atoms with Gasteiger partial charge in [0.2, 0.25) is 11.8 Å². The molecule has 0 aliphatic carbocycles. The molecular formula is C28H40ClN3O4. The van der Waals surface area contributed by atoms with E-state index in [-0.39, 0.29) is 36.7 Å². The highest BCUT2D eigenvalue weighted by atomic mass is 35.5.